The highest BCUT2D eigenvalue weighted by molar-refractivity contribution is 5.58. The second kappa shape index (κ2) is 4.30. The first kappa shape index (κ1) is 10.6. The standard InChI is InChI=1S/C11H15N5/c1-3-4-9-8(7-16(2)15-9)11-13-6-5-10(12)14-11/h5-7H,3-4H2,1-2H3,(H2,12,13,14). The minimum absolute atomic E-state index is 0.483. The zero-order valence-electron chi connectivity index (χ0n) is 9.51. The number of nitrogen functional groups attached to an aromatic ring is 1. The Morgan fingerprint density at radius 1 is 1.44 bits per heavy atom. The van der Waals surface area contributed by atoms with Gasteiger partial charge in [0.25, 0.3) is 0 Å². The summed E-state index contributed by atoms with van der Waals surface area (Å²) in [7, 11) is 1.90. The van der Waals surface area contributed by atoms with E-state index in [-0.39, 0.29) is 0 Å². The van der Waals surface area contributed by atoms with Crippen LogP contribution in [0, 0.1) is 0 Å². The van der Waals surface area contributed by atoms with E-state index in [0.717, 1.165) is 24.1 Å². The van der Waals surface area contributed by atoms with E-state index in [2.05, 4.69) is 22.0 Å². The molecule has 84 valence electrons. The van der Waals surface area contributed by atoms with Crippen molar-refractivity contribution in [3.05, 3.63) is 24.2 Å². The van der Waals surface area contributed by atoms with Crippen molar-refractivity contribution in [2.45, 2.75) is 19.8 Å². The monoisotopic (exact) mass is 217 g/mol. The molecule has 0 aliphatic heterocycles. The van der Waals surface area contributed by atoms with Gasteiger partial charge in [0.05, 0.1) is 11.3 Å². The zero-order valence-corrected chi connectivity index (χ0v) is 9.51. The first-order valence-electron chi connectivity index (χ1n) is 5.32. The van der Waals surface area contributed by atoms with Gasteiger partial charge < -0.3 is 5.73 Å². The minimum atomic E-state index is 0.483. The van der Waals surface area contributed by atoms with Crippen LogP contribution in [0.1, 0.15) is 19.0 Å². The Hall–Kier alpha value is -1.91. The maximum Gasteiger partial charge on any atom is 0.164 e. The number of anilines is 1. The summed E-state index contributed by atoms with van der Waals surface area (Å²) in [6.07, 6.45) is 5.57. The molecule has 2 rings (SSSR count). The molecule has 5 nitrogen and oxygen atoms in total. The molecule has 0 saturated carbocycles. The summed E-state index contributed by atoms with van der Waals surface area (Å²) in [4.78, 5) is 8.43. The molecule has 0 radical (unpaired) electrons. The van der Waals surface area contributed by atoms with Crippen LogP contribution in [0.25, 0.3) is 11.4 Å². The Bertz CT molecular complexity index is 489. The van der Waals surface area contributed by atoms with Crippen molar-refractivity contribution >= 4 is 5.82 Å². The lowest BCUT2D eigenvalue weighted by Crippen LogP contribution is -1.96. The van der Waals surface area contributed by atoms with Gasteiger partial charge in [0, 0.05) is 19.4 Å². The Morgan fingerprint density at radius 3 is 2.94 bits per heavy atom. The van der Waals surface area contributed by atoms with E-state index in [0.29, 0.717) is 11.6 Å². The highest BCUT2D eigenvalue weighted by Crippen LogP contribution is 2.20. The van der Waals surface area contributed by atoms with Crippen molar-refractivity contribution in [3.8, 4) is 11.4 Å². The van der Waals surface area contributed by atoms with Gasteiger partial charge in [-0.15, -0.1) is 0 Å². The number of nitrogens with two attached hydrogens (primary N) is 1. The number of hydrogen-bond acceptors (Lipinski definition) is 4. The SMILES string of the molecule is CCCc1nn(C)cc1-c1nccc(N)n1. The smallest absolute Gasteiger partial charge is 0.164 e. The summed E-state index contributed by atoms with van der Waals surface area (Å²) in [5, 5.41) is 4.40. The molecule has 0 unspecified atom stereocenters. The number of hydrogen-bond donors (Lipinski definition) is 1. The molecule has 0 bridgehead atoms. The second-order valence-corrected chi connectivity index (χ2v) is 3.72. The molecule has 0 aromatic carbocycles. The van der Waals surface area contributed by atoms with Gasteiger partial charge in [0.2, 0.25) is 0 Å². The highest BCUT2D eigenvalue weighted by atomic mass is 15.3. The van der Waals surface area contributed by atoms with Gasteiger partial charge in [-0.3, -0.25) is 4.68 Å². The summed E-state index contributed by atoms with van der Waals surface area (Å²) < 4.78 is 1.78. The van der Waals surface area contributed by atoms with Crippen molar-refractivity contribution in [2.24, 2.45) is 7.05 Å². The van der Waals surface area contributed by atoms with Gasteiger partial charge in [-0.05, 0) is 12.5 Å². The molecule has 2 aromatic heterocycles. The normalized spacial score (nSPS) is 10.6. The van der Waals surface area contributed by atoms with Crippen LogP contribution in [0.4, 0.5) is 5.82 Å². The van der Waals surface area contributed by atoms with E-state index in [4.69, 9.17) is 5.73 Å². The lowest BCUT2D eigenvalue weighted by molar-refractivity contribution is 0.733. The van der Waals surface area contributed by atoms with E-state index in [1.165, 1.54) is 0 Å². The second-order valence-electron chi connectivity index (χ2n) is 3.72. The summed E-state index contributed by atoms with van der Waals surface area (Å²) >= 11 is 0. The molecule has 2 aromatic rings. The number of aryl methyl sites for hydroxylation is 2. The molecule has 0 saturated heterocycles. The van der Waals surface area contributed by atoms with Crippen LogP contribution in [0.15, 0.2) is 18.5 Å². The van der Waals surface area contributed by atoms with Gasteiger partial charge in [-0.2, -0.15) is 5.10 Å². The molecule has 2 heterocycles. The van der Waals surface area contributed by atoms with Crippen LogP contribution < -0.4 is 5.73 Å². The van der Waals surface area contributed by atoms with Gasteiger partial charge in [0.1, 0.15) is 5.82 Å². The predicted molar refractivity (Wildman–Crippen MR) is 62.6 cm³/mol. The van der Waals surface area contributed by atoms with Crippen molar-refractivity contribution in [1.29, 1.82) is 0 Å². The molecule has 5 heteroatoms. The fourth-order valence-corrected chi connectivity index (χ4v) is 1.65. The molecule has 0 aliphatic carbocycles. The van der Waals surface area contributed by atoms with Crippen LogP contribution in [0.5, 0.6) is 0 Å². The molecule has 0 fully saturated rings. The molecule has 16 heavy (non-hydrogen) atoms. The largest absolute Gasteiger partial charge is 0.384 e. The first-order valence-corrected chi connectivity index (χ1v) is 5.32. The maximum atomic E-state index is 5.65. The Labute approximate surface area is 94.3 Å². The Kier molecular flexibility index (Phi) is 2.85. The molecular weight excluding hydrogens is 202 g/mol. The quantitative estimate of drug-likeness (QED) is 0.844. The van der Waals surface area contributed by atoms with E-state index in [1.807, 2.05) is 13.2 Å². The van der Waals surface area contributed by atoms with Crippen LogP contribution >= 0.6 is 0 Å². The highest BCUT2D eigenvalue weighted by Gasteiger charge is 2.11. The van der Waals surface area contributed by atoms with Crippen LogP contribution in [-0.2, 0) is 13.5 Å². The van der Waals surface area contributed by atoms with Gasteiger partial charge >= 0.3 is 0 Å². The summed E-state index contributed by atoms with van der Waals surface area (Å²) in [5.41, 5.74) is 7.64. The molecule has 0 atom stereocenters. The van der Waals surface area contributed by atoms with E-state index >= 15 is 0 Å². The third-order valence-corrected chi connectivity index (χ3v) is 2.31. The lowest BCUT2D eigenvalue weighted by atomic mass is 10.1. The third kappa shape index (κ3) is 2.03. The van der Waals surface area contributed by atoms with Gasteiger partial charge in [-0.1, -0.05) is 13.3 Å². The molecule has 2 N–H and O–H groups in total. The van der Waals surface area contributed by atoms with Crippen molar-refractivity contribution in [2.75, 3.05) is 5.73 Å². The fourth-order valence-electron chi connectivity index (χ4n) is 1.65. The van der Waals surface area contributed by atoms with Crippen molar-refractivity contribution in [1.82, 2.24) is 19.7 Å². The van der Waals surface area contributed by atoms with E-state index in [1.54, 1.807) is 16.9 Å². The van der Waals surface area contributed by atoms with Crippen LogP contribution in [0.2, 0.25) is 0 Å². The van der Waals surface area contributed by atoms with Gasteiger partial charge in [-0.25, -0.2) is 9.97 Å². The Balaban J connectivity index is 2.46. The molecule has 0 amide bonds. The molecular formula is C11H15N5. The van der Waals surface area contributed by atoms with Gasteiger partial charge in [0.15, 0.2) is 5.82 Å². The average molecular weight is 217 g/mol. The summed E-state index contributed by atoms with van der Waals surface area (Å²) in [6, 6.07) is 1.68. The minimum Gasteiger partial charge on any atom is -0.384 e. The number of nitrogens with zero attached hydrogens (tertiary/aromatic N) is 4. The molecule has 0 aliphatic rings. The number of rotatable bonds is 3. The van der Waals surface area contributed by atoms with E-state index < -0.39 is 0 Å². The summed E-state index contributed by atoms with van der Waals surface area (Å²) in [6.45, 7) is 2.12. The molecule has 0 spiro atoms. The topological polar surface area (TPSA) is 69.6 Å². The maximum absolute atomic E-state index is 5.65. The number of aromatic nitrogens is 4. The van der Waals surface area contributed by atoms with Crippen molar-refractivity contribution < 1.29 is 0 Å². The third-order valence-electron chi connectivity index (χ3n) is 2.31. The Morgan fingerprint density at radius 2 is 2.25 bits per heavy atom. The summed E-state index contributed by atoms with van der Waals surface area (Å²) in [5.74, 6) is 1.13. The zero-order chi connectivity index (χ0) is 11.5. The van der Waals surface area contributed by atoms with Crippen molar-refractivity contribution in [3.63, 3.8) is 0 Å². The first-order chi connectivity index (χ1) is 7.70. The van der Waals surface area contributed by atoms with Crippen LogP contribution in [-0.4, -0.2) is 19.7 Å². The van der Waals surface area contributed by atoms with E-state index in [9.17, 15) is 0 Å². The fraction of sp³-hybridized carbons (Fsp3) is 0.364. The lowest BCUT2D eigenvalue weighted by Gasteiger charge is -2.00. The average Bonchev–Trinajstić information content (AvgIpc) is 2.60. The van der Waals surface area contributed by atoms with Crippen LogP contribution in [0.3, 0.4) is 0 Å². The predicted octanol–water partition coefficient (Wildman–Crippen LogP) is 1.41.